The second-order valence-electron chi connectivity index (χ2n) is 7.16. The molecule has 0 saturated heterocycles. The van der Waals surface area contributed by atoms with E-state index < -0.39 is 0 Å². The molecular formula is C16H25NO. The number of fused-ring (bicyclic) bond motifs is 1. The quantitative estimate of drug-likeness (QED) is 0.848. The van der Waals surface area contributed by atoms with Gasteiger partial charge in [-0.15, -0.1) is 0 Å². The first-order valence-corrected chi connectivity index (χ1v) is 7.33. The smallest absolute Gasteiger partial charge is 0.0812 e. The maximum atomic E-state index is 10.3. The molecule has 1 aromatic rings. The third-order valence-electron chi connectivity index (χ3n) is 4.87. The van der Waals surface area contributed by atoms with Gasteiger partial charge in [0.2, 0.25) is 0 Å². The molecule has 0 spiro atoms. The van der Waals surface area contributed by atoms with Crippen molar-refractivity contribution in [2.24, 2.45) is 11.3 Å². The fourth-order valence-corrected chi connectivity index (χ4v) is 3.59. The van der Waals surface area contributed by atoms with Gasteiger partial charge in [0.05, 0.1) is 6.10 Å². The SMILES string of the molecule is Cc1cc2c(n1CC1CCC1)CC(C)(C)CC2O. The number of nitrogens with zero attached hydrogens (tertiary/aromatic N) is 1. The van der Waals surface area contributed by atoms with E-state index in [1.165, 1.54) is 42.8 Å². The molecule has 1 atom stereocenters. The summed E-state index contributed by atoms with van der Waals surface area (Å²) in [7, 11) is 0. The van der Waals surface area contributed by atoms with Crippen LogP contribution >= 0.6 is 0 Å². The molecular weight excluding hydrogens is 222 g/mol. The lowest BCUT2D eigenvalue weighted by Gasteiger charge is -2.35. The number of hydrogen-bond donors (Lipinski definition) is 1. The molecule has 0 radical (unpaired) electrons. The normalized spacial score (nSPS) is 26.8. The zero-order valence-corrected chi connectivity index (χ0v) is 11.9. The van der Waals surface area contributed by atoms with E-state index in [1.807, 2.05) is 0 Å². The molecule has 18 heavy (non-hydrogen) atoms. The van der Waals surface area contributed by atoms with Crippen LogP contribution in [0.4, 0.5) is 0 Å². The Morgan fingerprint density at radius 3 is 2.72 bits per heavy atom. The molecule has 2 aliphatic rings. The summed E-state index contributed by atoms with van der Waals surface area (Å²) in [5.74, 6) is 0.877. The Morgan fingerprint density at radius 1 is 1.39 bits per heavy atom. The minimum atomic E-state index is -0.259. The molecule has 1 fully saturated rings. The summed E-state index contributed by atoms with van der Waals surface area (Å²) in [4.78, 5) is 0. The van der Waals surface area contributed by atoms with Crippen molar-refractivity contribution in [1.29, 1.82) is 0 Å². The van der Waals surface area contributed by atoms with Gasteiger partial charge in [0.15, 0.2) is 0 Å². The maximum Gasteiger partial charge on any atom is 0.0812 e. The van der Waals surface area contributed by atoms with Crippen LogP contribution in [0.15, 0.2) is 6.07 Å². The van der Waals surface area contributed by atoms with Crippen LogP contribution in [0.5, 0.6) is 0 Å². The molecule has 100 valence electrons. The lowest BCUT2D eigenvalue weighted by Crippen LogP contribution is -2.28. The average molecular weight is 247 g/mol. The summed E-state index contributed by atoms with van der Waals surface area (Å²) < 4.78 is 2.49. The minimum Gasteiger partial charge on any atom is -0.388 e. The summed E-state index contributed by atoms with van der Waals surface area (Å²) in [6, 6.07) is 2.22. The lowest BCUT2D eigenvalue weighted by atomic mass is 9.75. The van der Waals surface area contributed by atoms with Gasteiger partial charge in [-0.3, -0.25) is 0 Å². The molecule has 2 nitrogen and oxygen atoms in total. The van der Waals surface area contributed by atoms with Crippen molar-refractivity contribution >= 4 is 0 Å². The summed E-state index contributed by atoms with van der Waals surface area (Å²) in [6.07, 6.45) is 5.93. The van der Waals surface area contributed by atoms with Crippen LogP contribution < -0.4 is 0 Å². The molecule has 1 heterocycles. The largest absolute Gasteiger partial charge is 0.388 e. The summed E-state index contributed by atoms with van der Waals surface area (Å²) in [5, 5.41) is 10.3. The molecule has 2 aliphatic carbocycles. The van der Waals surface area contributed by atoms with Crippen molar-refractivity contribution in [3.63, 3.8) is 0 Å². The standard InChI is InChI=1S/C16H25NO/c1-11-7-13-14(8-16(2,3)9-15(13)18)17(11)10-12-5-4-6-12/h7,12,15,18H,4-6,8-10H2,1-3H3. The molecule has 0 bridgehead atoms. The zero-order valence-electron chi connectivity index (χ0n) is 11.9. The van der Waals surface area contributed by atoms with E-state index in [4.69, 9.17) is 0 Å². The topological polar surface area (TPSA) is 25.2 Å². The Morgan fingerprint density at radius 2 is 2.11 bits per heavy atom. The van der Waals surface area contributed by atoms with Gasteiger partial charge in [0.1, 0.15) is 0 Å². The van der Waals surface area contributed by atoms with Gasteiger partial charge in [0, 0.05) is 23.5 Å². The maximum absolute atomic E-state index is 10.3. The van der Waals surface area contributed by atoms with E-state index in [-0.39, 0.29) is 11.5 Å². The molecule has 3 rings (SSSR count). The van der Waals surface area contributed by atoms with E-state index in [9.17, 15) is 5.11 Å². The highest BCUT2D eigenvalue weighted by molar-refractivity contribution is 5.33. The third-order valence-corrected chi connectivity index (χ3v) is 4.87. The molecule has 0 amide bonds. The lowest BCUT2D eigenvalue weighted by molar-refractivity contribution is 0.0972. The first kappa shape index (κ1) is 12.3. The van der Waals surface area contributed by atoms with Crippen LogP contribution in [0, 0.1) is 18.3 Å². The Hall–Kier alpha value is -0.760. The van der Waals surface area contributed by atoms with Crippen LogP contribution in [-0.2, 0) is 13.0 Å². The van der Waals surface area contributed by atoms with E-state index in [0.29, 0.717) is 0 Å². The molecule has 0 aromatic carbocycles. The summed E-state index contributed by atoms with van der Waals surface area (Å²) in [5.41, 5.74) is 4.17. The first-order chi connectivity index (χ1) is 8.46. The van der Waals surface area contributed by atoms with Crippen molar-refractivity contribution in [3.8, 4) is 0 Å². The summed E-state index contributed by atoms with van der Waals surface area (Å²) >= 11 is 0. The van der Waals surface area contributed by atoms with Gasteiger partial charge in [0.25, 0.3) is 0 Å². The fourth-order valence-electron chi connectivity index (χ4n) is 3.59. The Bertz CT molecular complexity index is 454. The van der Waals surface area contributed by atoms with Crippen LogP contribution in [0.1, 0.15) is 62.6 Å². The predicted octanol–water partition coefficient (Wildman–Crippen LogP) is 3.60. The van der Waals surface area contributed by atoms with E-state index in [0.717, 1.165) is 18.8 Å². The molecule has 1 saturated carbocycles. The summed E-state index contributed by atoms with van der Waals surface area (Å²) in [6.45, 7) is 7.91. The second-order valence-corrected chi connectivity index (χ2v) is 7.16. The van der Waals surface area contributed by atoms with Crippen LogP contribution in [0.25, 0.3) is 0 Å². The van der Waals surface area contributed by atoms with Crippen LogP contribution in [0.3, 0.4) is 0 Å². The van der Waals surface area contributed by atoms with E-state index in [1.54, 1.807) is 0 Å². The Labute approximate surface area is 110 Å². The van der Waals surface area contributed by atoms with Gasteiger partial charge in [-0.1, -0.05) is 20.3 Å². The van der Waals surface area contributed by atoms with Crippen molar-refractivity contribution in [3.05, 3.63) is 23.0 Å². The number of aromatic nitrogens is 1. The van der Waals surface area contributed by atoms with Crippen molar-refractivity contribution < 1.29 is 5.11 Å². The third kappa shape index (κ3) is 2.01. The number of aliphatic hydroxyl groups excluding tert-OH is 1. The van der Waals surface area contributed by atoms with Gasteiger partial charge >= 0.3 is 0 Å². The second kappa shape index (κ2) is 4.12. The average Bonchev–Trinajstić information content (AvgIpc) is 2.48. The van der Waals surface area contributed by atoms with E-state index in [2.05, 4.69) is 31.4 Å². The van der Waals surface area contributed by atoms with Gasteiger partial charge in [-0.05, 0) is 50.0 Å². The zero-order chi connectivity index (χ0) is 12.9. The minimum absolute atomic E-state index is 0.231. The van der Waals surface area contributed by atoms with Crippen LogP contribution in [-0.4, -0.2) is 9.67 Å². The van der Waals surface area contributed by atoms with Crippen molar-refractivity contribution in [2.75, 3.05) is 0 Å². The highest BCUT2D eigenvalue weighted by Gasteiger charge is 2.34. The van der Waals surface area contributed by atoms with Gasteiger partial charge in [-0.25, -0.2) is 0 Å². The Kier molecular flexibility index (Phi) is 2.81. The fraction of sp³-hybridized carbons (Fsp3) is 0.750. The molecule has 1 unspecified atom stereocenters. The number of aryl methyl sites for hydroxylation is 1. The number of hydrogen-bond acceptors (Lipinski definition) is 1. The van der Waals surface area contributed by atoms with E-state index >= 15 is 0 Å². The molecule has 1 aromatic heterocycles. The van der Waals surface area contributed by atoms with Gasteiger partial charge < -0.3 is 9.67 Å². The highest BCUT2D eigenvalue weighted by atomic mass is 16.3. The monoisotopic (exact) mass is 247 g/mol. The van der Waals surface area contributed by atoms with Gasteiger partial charge in [-0.2, -0.15) is 0 Å². The van der Waals surface area contributed by atoms with Crippen molar-refractivity contribution in [2.45, 2.75) is 65.5 Å². The molecule has 0 aliphatic heterocycles. The Balaban J connectivity index is 1.94. The van der Waals surface area contributed by atoms with Crippen molar-refractivity contribution in [1.82, 2.24) is 4.57 Å². The molecule has 1 N–H and O–H groups in total. The predicted molar refractivity (Wildman–Crippen MR) is 73.6 cm³/mol. The number of rotatable bonds is 2. The number of aliphatic hydroxyl groups is 1. The highest BCUT2D eigenvalue weighted by Crippen LogP contribution is 2.42. The molecule has 2 heteroatoms. The van der Waals surface area contributed by atoms with Crippen LogP contribution in [0.2, 0.25) is 0 Å². The first-order valence-electron chi connectivity index (χ1n) is 7.33.